The molecule has 4 fully saturated rings. The quantitative estimate of drug-likeness (QED) is 0.0814. The van der Waals surface area contributed by atoms with Crippen molar-refractivity contribution in [2.75, 3.05) is 0 Å². The molecule has 0 bridgehead atoms. The summed E-state index contributed by atoms with van der Waals surface area (Å²) in [6.45, 7) is 7.54. The van der Waals surface area contributed by atoms with E-state index in [0.29, 0.717) is 46.1 Å². The number of nitrogens with zero attached hydrogens (tertiary/aromatic N) is 5. The SMILES string of the molecule is CC1(C)OB(c2ccc(F)c([C@@]3(C(F)F)N=C(N)O[C@@H]4C[C@@H]43)c2)OC1(C)C.NC1=N[C@@](c2cc(-c3n[nH]c(-c4ccc(F)cc4)n3)ccc2F)(C(F)F)[C@H]2C[C@H]2O1.NC1=N[C@@](c2cc(Br)ccc2Cl)(C(F)F)[C@H]2C[C@H]2O1. The van der Waals surface area contributed by atoms with Crippen LogP contribution in [0, 0.1) is 35.2 Å². The molecule has 0 radical (unpaired) electrons. The summed E-state index contributed by atoms with van der Waals surface area (Å²) in [5, 5.41) is 7.06. The first-order valence-electron chi connectivity index (χ1n) is 23.8. The third-order valence-electron chi connectivity index (χ3n) is 15.2. The van der Waals surface area contributed by atoms with Crippen LogP contribution in [-0.2, 0) is 40.1 Å². The predicted octanol–water partition coefficient (Wildman–Crippen LogP) is 9.23. The van der Waals surface area contributed by atoms with Crippen molar-refractivity contribution in [1.29, 1.82) is 0 Å². The molecule has 7 aliphatic rings. The zero-order valence-electron chi connectivity index (χ0n) is 40.6. The maximum atomic E-state index is 14.7. The molecule has 1 saturated heterocycles. The average molecular weight is 1150 g/mol. The number of hydrogen-bond acceptors (Lipinski definition) is 13. The van der Waals surface area contributed by atoms with Gasteiger partial charge in [0.05, 0.1) is 11.2 Å². The van der Waals surface area contributed by atoms with E-state index in [-0.39, 0.29) is 57.6 Å². The lowest BCUT2D eigenvalue weighted by atomic mass is 9.75. The lowest BCUT2D eigenvalue weighted by Gasteiger charge is -2.33. The second-order valence-electron chi connectivity index (χ2n) is 20.4. The van der Waals surface area contributed by atoms with Gasteiger partial charge < -0.3 is 40.7 Å². The van der Waals surface area contributed by atoms with Crippen molar-refractivity contribution < 1.29 is 63.0 Å². The van der Waals surface area contributed by atoms with E-state index < -0.39 is 95.7 Å². The molecule has 9 atom stereocenters. The van der Waals surface area contributed by atoms with E-state index >= 15 is 0 Å². The molecule has 5 heterocycles. The van der Waals surface area contributed by atoms with Crippen LogP contribution < -0.4 is 22.7 Å². The number of aromatic nitrogens is 3. The van der Waals surface area contributed by atoms with E-state index in [1.165, 1.54) is 48.5 Å². The standard InChI is InChI=1S/C20H15F4N5O.C18H22BF3N2O3.C12H10BrClF2N2O/c21-11-4-1-9(2-5-11)16-26-17(29-28-16)10-3-6-14(22)12(7-10)20(18(23)24)13-8-15(13)30-19(25)27-20;1-16(2)17(3,4)27-19(26-16)9-5-6-12(20)10(7-9)18(14(21)22)11-8-13(11)25-15(23)24-18;13-5-1-2-8(14)6(3-5)12(10(15)16)7-4-9(7)19-11(17)18-12/h1-7,13,15,18H,8H2,(H2,25,27)(H,26,28,29);5-7,11,13-14H,8H2,1-4H3,(H2,23,24);1-3,7,9-10H,4H2,(H2,17,18)/t13-,15+,20+;11-,13+,18+;7-,9+,12+/m000/s1. The zero-order chi connectivity index (χ0) is 54.6. The molecule has 4 aliphatic heterocycles. The van der Waals surface area contributed by atoms with Crippen LogP contribution in [0.4, 0.5) is 39.5 Å². The highest BCUT2D eigenvalue weighted by Gasteiger charge is 2.67. The Morgan fingerprint density at radius 1 is 0.605 bits per heavy atom. The van der Waals surface area contributed by atoms with Gasteiger partial charge in [-0.2, -0.15) is 5.10 Å². The first kappa shape index (κ1) is 53.4. The molecule has 0 unspecified atom stereocenters. The van der Waals surface area contributed by atoms with Crippen LogP contribution in [0.25, 0.3) is 22.8 Å². The molecule has 14 nitrogen and oxygen atoms in total. The Balaban J connectivity index is 0.000000133. The van der Waals surface area contributed by atoms with Gasteiger partial charge in [0.15, 0.2) is 28.3 Å². The van der Waals surface area contributed by atoms with Crippen LogP contribution in [0.3, 0.4) is 0 Å². The van der Waals surface area contributed by atoms with E-state index in [4.69, 9.17) is 52.3 Å². The minimum atomic E-state index is -2.98. The first-order valence-corrected chi connectivity index (χ1v) is 25.0. The molecule has 26 heteroatoms. The van der Waals surface area contributed by atoms with Crippen LogP contribution in [-0.4, -0.2) is 89.2 Å². The number of ether oxygens (including phenoxy) is 3. The number of fused-ring (bicyclic) bond motifs is 3. The molecule has 7 N–H and O–H groups in total. The van der Waals surface area contributed by atoms with Crippen LogP contribution in [0.5, 0.6) is 0 Å². The van der Waals surface area contributed by atoms with E-state index in [1.54, 1.807) is 18.2 Å². The van der Waals surface area contributed by atoms with Crippen molar-refractivity contribution in [2.45, 2.75) is 112 Å². The summed E-state index contributed by atoms with van der Waals surface area (Å²) in [4.78, 5) is 16.0. The number of rotatable bonds is 9. The molecule has 5 aromatic rings. The molecule has 402 valence electrons. The lowest BCUT2D eigenvalue weighted by Crippen LogP contribution is -2.44. The van der Waals surface area contributed by atoms with Gasteiger partial charge in [0, 0.05) is 55.1 Å². The molecular weight excluding hydrogens is 1100 g/mol. The molecule has 3 aliphatic carbocycles. The van der Waals surface area contributed by atoms with Gasteiger partial charge in [0.25, 0.3) is 37.3 Å². The Labute approximate surface area is 442 Å². The molecule has 12 rings (SSSR count). The number of alkyl halides is 6. The molecule has 76 heavy (non-hydrogen) atoms. The number of aliphatic imine (C=N–C) groups is 3. The molecule has 3 saturated carbocycles. The topological polar surface area (TPSA) is 203 Å². The first-order chi connectivity index (χ1) is 35.8. The van der Waals surface area contributed by atoms with Crippen molar-refractivity contribution in [3.8, 4) is 22.8 Å². The van der Waals surface area contributed by atoms with Crippen LogP contribution in [0.15, 0.2) is 98.3 Å². The number of halogens is 11. The maximum absolute atomic E-state index is 14.7. The Bertz CT molecular complexity index is 3160. The fourth-order valence-electron chi connectivity index (χ4n) is 10.3. The normalized spacial score (nSPS) is 29.9. The fourth-order valence-corrected chi connectivity index (χ4v) is 10.9. The third kappa shape index (κ3) is 9.20. The van der Waals surface area contributed by atoms with Gasteiger partial charge in [0.1, 0.15) is 35.8 Å². The van der Waals surface area contributed by atoms with Crippen molar-refractivity contribution in [1.82, 2.24) is 15.2 Å². The summed E-state index contributed by atoms with van der Waals surface area (Å²) >= 11 is 9.36. The number of amidine groups is 3. The highest BCUT2D eigenvalue weighted by atomic mass is 79.9. The lowest BCUT2D eigenvalue weighted by molar-refractivity contribution is 0.00578. The number of nitrogens with one attached hydrogen (secondary N) is 1. The fraction of sp³-hybridized carbons (Fsp3) is 0.420. The summed E-state index contributed by atoms with van der Waals surface area (Å²) in [6, 6.07) is 17.3. The summed E-state index contributed by atoms with van der Waals surface area (Å²) < 4.78 is 155. The average Bonchev–Trinajstić information content (AvgIpc) is 4.31. The van der Waals surface area contributed by atoms with E-state index in [9.17, 15) is 39.5 Å². The number of hydrogen-bond donors (Lipinski definition) is 4. The third-order valence-corrected chi connectivity index (χ3v) is 16.0. The summed E-state index contributed by atoms with van der Waals surface area (Å²) in [6.07, 6.45) is -8.69. The van der Waals surface area contributed by atoms with E-state index in [1.807, 2.05) is 27.7 Å². The van der Waals surface area contributed by atoms with Gasteiger partial charge in [0.2, 0.25) is 0 Å². The van der Waals surface area contributed by atoms with Gasteiger partial charge in [-0.25, -0.2) is 59.5 Å². The Kier molecular flexibility index (Phi) is 13.4. The van der Waals surface area contributed by atoms with Gasteiger partial charge in [-0.15, -0.1) is 0 Å². The van der Waals surface area contributed by atoms with Crippen molar-refractivity contribution in [3.63, 3.8) is 0 Å². The monoisotopic (exact) mass is 1150 g/mol. The number of aromatic amines is 1. The van der Waals surface area contributed by atoms with Crippen molar-refractivity contribution in [3.05, 3.63) is 123 Å². The molecular formula is C50H47BBrClF9N9O5. The Morgan fingerprint density at radius 2 is 1.05 bits per heavy atom. The zero-order valence-corrected chi connectivity index (χ0v) is 42.9. The number of H-pyrrole nitrogens is 1. The van der Waals surface area contributed by atoms with Crippen molar-refractivity contribution in [2.24, 2.45) is 49.9 Å². The van der Waals surface area contributed by atoms with Crippen LogP contribution >= 0.6 is 27.5 Å². The second kappa shape index (κ2) is 19.1. The molecule has 4 aromatic carbocycles. The predicted molar refractivity (Wildman–Crippen MR) is 265 cm³/mol. The summed E-state index contributed by atoms with van der Waals surface area (Å²) in [5.41, 5.74) is 10.8. The Morgan fingerprint density at radius 3 is 1.54 bits per heavy atom. The minimum Gasteiger partial charge on any atom is -0.462 e. The van der Waals surface area contributed by atoms with E-state index in [2.05, 4.69) is 46.1 Å². The number of benzene rings is 4. The second-order valence-corrected chi connectivity index (χ2v) is 21.7. The van der Waals surface area contributed by atoms with E-state index in [0.717, 1.165) is 12.1 Å². The minimum absolute atomic E-state index is 0.177. The highest BCUT2D eigenvalue weighted by molar-refractivity contribution is 9.10. The van der Waals surface area contributed by atoms with Crippen LogP contribution in [0.1, 0.15) is 63.6 Å². The smallest absolute Gasteiger partial charge is 0.462 e. The Hall–Kier alpha value is -6.05. The van der Waals surface area contributed by atoms with Gasteiger partial charge in [-0.05, 0) is 119 Å². The van der Waals surface area contributed by atoms with Gasteiger partial charge in [-0.3, -0.25) is 5.10 Å². The molecule has 0 spiro atoms. The largest absolute Gasteiger partial charge is 0.494 e. The molecule has 1 aromatic heterocycles. The summed E-state index contributed by atoms with van der Waals surface area (Å²) in [5.74, 6) is -3.12. The molecule has 0 amide bonds. The maximum Gasteiger partial charge on any atom is 0.494 e. The highest BCUT2D eigenvalue weighted by Crippen LogP contribution is 2.59. The number of nitrogens with two attached hydrogens (primary N) is 3. The van der Waals surface area contributed by atoms with Crippen molar-refractivity contribution >= 4 is 58.2 Å². The van der Waals surface area contributed by atoms with Gasteiger partial charge in [-0.1, -0.05) is 39.7 Å². The summed E-state index contributed by atoms with van der Waals surface area (Å²) in [7, 11) is -0.791. The van der Waals surface area contributed by atoms with Crippen LogP contribution in [0.2, 0.25) is 5.02 Å². The van der Waals surface area contributed by atoms with Gasteiger partial charge >= 0.3 is 7.12 Å².